The van der Waals surface area contributed by atoms with Gasteiger partial charge in [-0.2, -0.15) is 18.3 Å². The monoisotopic (exact) mass is 279 g/mol. The van der Waals surface area contributed by atoms with Gasteiger partial charge in [-0.25, -0.2) is 4.79 Å². The minimum atomic E-state index is -4.19. The van der Waals surface area contributed by atoms with Crippen LogP contribution in [0.2, 0.25) is 0 Å². The average molecular weight is 279 g/mol. The number of hydrogen-bond donors (Lipinski definition) is 3. The fourth-order valence-electron chi connectivity index (χ4n) is 1.43. The van der Waals surface area contributed by atoms with Crippen molar-refractivity contribution in [3.63, 3.8) is 0 Å². The summed E-state index contributed by atoms with van der Waals surface area (Å²) < 4.78 is 36.1. The molecule has 0 aromatic carbocycles. The van der Waals surface area contributed by atoms with Crippen molar-refractivity contribution >= 4 is 11.7 Å². The van der Waals surface area contributed by atoms with Crippen molar-refractivity contribution < 1.29 is 18.0 Å². The number of halogens is 3. The summed E-state index contributed by atoms with van der Waals surface area (Å²) in [6.07, 6.45) is -0.806. The lowest BCUT2D eigenvalue weighted by Gasteiger charge is -2.18. The summed E-state index contributed by atoms with van der Waals surface area (Å²) in [5, 5.41) is 11.2. The van der Waals surface area contributed by atoms with Crippen molar-refractivity contribution in [3.05, 3.63) is 12.4 Å². The third-order valence-electron chi connectivity index (χ3n) is 2.21. The van der Waals surface area contributed by atoms with Crippen LogP contribution in [0.5, 0.6) is 0 Å². The summed E-state index contributed by atoms with van der Waals surface area (Å²) in [6.45, 7) is -0.397. The Labute approximate surface area is 108 Å². The minimum absolute atomic E-state index is 0.255. The van der Waals surface area contributed by atoms with Crippen LogP contribution in [-0.2, 0) is 0 Å². The number of amides is 2. The normalized spacial score (nSPS) is 11.6. The second kappa shape index (κ2) is 6.98. The molecular formula is C10H16F3N5O. The molecule has 9 heteroatoms. The summed E-state index contributed by atoms with van der Waals surface area (Å²) >= 11 is 0. The van der Waals surface area contributed by atoms with Gasteiger partial charge in [-0.15, -0.1) is 0 Å². The highest BCUT2D eigenvalue weighted by Gasteiger charge is 2.28. The van der Waals surface area contributed by atoms with Crippen molar-refractivity contribution in [3.8, 4) is 0 Å². The third-order valence-corrected chi connectivity index (χ3v) is 2.21. The van der Waals surface area contributed by atoms with E-state index in [1.807, 2.05) is 0 Å². The Bertz CT molecular complexity index is 379. The molecule has 6 nitrogen and oxygen atoms in total. The van der Waals surface area contributed by atoms with Crippen LogP contribution in [0.15, 0.2) is 12.4 Å². The number of aromatic nitrogens is 2. The van der Waals surface area contributed by atoms with Gasteiger partial charge in [0.2, 0.25) is 0 Å². The molecule has 0 bridgehead atoms. The predicted octanol–water partition coefficient (Wildman–Crippen LogP) is 1.42. The molecule has 0 spiro atoms. The molecule has 1 heterocycles. The number of anilines is 1. The van der Waals surface area contributed by atoms with Crippen LogP contribution in [0.25, 0.3) is 0 Å². The number of nitrogens with one attached hydrogen (secondary N) is 3. The number of hydrogen-bond acceptors (Lipinski definition) is 3. The third kappa shape index (κ3) is 7.29. The van der Waals surface area contributed by atoms with Crippen molar-refractivity contribution in [2.75, 3.05) is 32.0 Å². The number of H-pyrrole nitrogens is 1. The lowest BCUT2D eigenvalue weighted by atomic mass is 10.4. The van der Waals surface area contributed by atoms with E-state index in [0.717, 1.165) is 4.90 Å². The molecule has 1 aromatic heterocycles. The highest BCUT2D eigenvalue weighted by Crippen LogP contribution is 2.15. The van der Waals surface area contributed by atoms with Crippen LogP contribution in [0.4, 0.5) is 23.7 Å². The molecule has 0 radical (unpaired) electrons. The number of nitrogens with zero attached hydrogens (tertiary/aromatic N) is 2. The zero-order valence-electron chi connectivity index (χ0n) is 10.4. The van der Waals surface area contributed by atoms with E-state index in [2.05, 4.69) is 20.8 Å². The number of carbonyl (C=O) groups is 1. The fourth-order valence-corrected chi connectivity index (χ4v) is 1.43. The highest BCUT2D eigenvalue weighted by atomic mass is 19.4. The smallest absolute Gasteiger partial charge is 0.338 e. The van der Waals surface area contributed by atoms with Gasteiger partial charge >= 0.3 is 12.2 Å². The van der Waals surface area contributed by atoms with Gasteiger partial charge in [-0.05, 0) is 20.0 Å². The lowest BCUT2D eigenvalue weighted by Crippen LogP contribution is -2.34. The second-order valence-corrected chi connectivity index (χ2v) is 4.07. The SMILES string of the molecule is CN(CCCNC(=O)Nc1cn[nH]c1)CC(F)(F)F. The zero-order chi connectivity index (χ0) is 14.3. The molecule has 3 N–H and O–H groups in total. The number of carbonyl (C=O) groups excluding carboxylic acids is 1. The molecule has 1 aromatic rings. The van der Waals surface area contributed by atoms with Gasteiger partial charge in [0.25, 0.3) is 0 Å². The zero-order valence-corrected chi connectivity index (χ0v) is 10.4. The van der Waals surface area contributed by atoms with E-state index in [-0.39, 0.29) is 6.54 Å². The van der Waals surface area contributed by atoms with Gasteiger partial charge in [0.15, 0.2) is 0 Å². The number of alkyl halides is 3. The maximum absolute atomic E-state index is 12.0. The van der Waals surface area contributed by atoms with Gasteiger partial charge in [0, 0.05) is 12.7 Å². The van der Waals surface area contributed by atoms with Gasteiger partial charge in [0.1, 0.15) is 0 Å². The molecule has 0 saturated heterocycles. The van der Waals surface area contributed by atoms with E-state index in [4.69, 9.17) is 0 Å². The predicted molar refractivity (Wildman–Crippen MR) is 63.8 cm³/mol. The van der Waals surface area contributed by atoms with Gasteiger partial charge in [0.05, 0.1) is 18.4 Å². The second-order valence-electron chi connectivity index (χ2n) is 4.07. The molecule has 19 heavy (non-hydrogen) atoms. The van der Waals surface area contributed by atoms with Crippen LogP contribution < -0.4 is 10.6 Å². The maximum atomic E-state index is 12.0. The van der Waals surface area contributed by atoms with Crippen LogP contribution >= 0.6 is 0 Å². The van der Waals surface area contributed by atoms with E-state index in [9.17, 15) is 18.0 Å². The topological polar surface area (TPSA) is 73.1 Å². The van der Waals surface area contributed by atoms with E-state index in [1.165, 1.54) is 19.4 Å². The van der Waals surface area contributed by atoms with Crippen LogP contribution in [0.3, 0.4) is 0 Å². The molecule has 1 rings (SSSR count). The van der Waals surface area contributed by atoms with E-state index >= 15 is 0 Å². The van der Waals surface area contributed by atoms with Crippen molar-refractivity contribution in [2.24, 2.45) is 0 Å². The van der Waals surface area contributed by atoms with Crippen LogP contribution in [-0.4, -0.2) is 54.0 Å². The maximum Gasteiger partial charge on any atom is 0.401 e. The number of urea groups is 1. The molecule has 2 amide bonds. The van der Waals surface area contributed by atoms with E-state index < -0.39 is 18.8 Å². The van der Waals surface area contributed by atoms with Crippen LogP contribution in [0, 0.1) is 0 Å². The largest absolute Gasteiger partial charge is 0.401 e. The Morgan fingerprint density at radius 3 is 2.84 bits per heavy atom. The number of aromatic amines is 1. The molecule has 0 atom stereocenters. The Hall–Kier alpha value is -1.77. The Morgan fingerprint density at radius 2 is 2.26 bits per heavy atom. The molecule has 0 aliphatic carbocycles. The first-order valence-electron chi connectivity index (χ1n) is 5.66. The van der Waals surface area contributed by atoms with Crippen molar-refractivity contribution in [1.82, 2.24) is 20.4 Å². The van der Waals surface area contributed by atoms with Gasteiger partial charge < -0.3 is 10.6 Å². The molecule has 0 unspecified atom stereocenters. The highest BCUT2D eigenvalue weighted by molar-refractivity contribution is 5.88. The summed E-state index contributed by atoms with van der Waals surface area (Å²) in [4.78, 5) is 12.5. The molecule has 0 fully saturated rings. The number of rotatable bonds is 6. The summed E-state index contributed by atoms with van der Waals surface area (Å²) in [6, 6.07) is -0.417. The molecule has 0 saturated carbocycles. The Kier molecular flexibility index (Phi) is 5.61. The first-order chi connectivity index (χ1) is 8.87. The van der Waals surface area contributed by atoms with Gasteiger partial charge in [-0.1, -0.05) is 0 Å². The fraction of sp³-hybridized carbons (Fsp3) is 0.600. The summed E-state index contributed by atoms with van der Waals surface area (Å²) in [5.41, 5.74) is 0.520. The van der Waals surface area contributed by atoms with E-state index in [0.29, 0.717) is 18.7 Å². The first-order valence-corrected chi connectivity index (χ1v) is 5.66. The molecule has 0 aliphatic rings. The van der Waals surface area contributed by atoms with Gasteiger partial charge in [-0.3, -0.25) is 10.00 Å². The van der Waals surface area contributed by atoms with E-state index in [1.54, 1.807) is 0 Å². The van der Waals surface area contributed by atoms with Crippen molar-refractivity contribution in [1.29, 1.82) is 0 Å². The summed E-state index contributed by atoms with van der Waals surface area (Å²) in [5.74, 6) is 0. The average Bonchev–Trinajstić information content (AvgIpc) is 2.74. The Balaban J connectivity index is 2.09. The molecule has 0 aliphatic heterocycles. The summed E-state index contributed by atoms with van der Waals surface area (Å²) in [7, 11) is 1.39. The molecule has 108 valence electrons. The quantitative estimate of drug-likeness (QED) is 0.689. The Morgan fingerprint density at radius 1 is 1.53 bits per heavy atom. The standard InChI is InChI=1S/C10H16F3N5O/c1-18(7-10(11,12)13)4-2-3-14-9(19)17-8-5-15-16-6-8/h5-6H,2-4,7H2,1H3,(H,15,16)(H2,14,17,19). The lowest BCUT2D eigenvalue weighted by molar-refractivity contribution is -0.143. The minimum Gasteiger partial charge on any atom is -0.338 e. The first kappa shape index (κ1) is 15.3. The van der Waals surface area contributed by atoms with Crippen molar-refractivity contribution in [2.45, 2.75) is 12.6 Å². The molecular weight excluding hydrogens is 263 g/mol. The van der Waals surface area contributed by atoms with Crippen LogP contribution in [0.1, 0.15) is 6.42 Å².